The summed E-state index contributed by atoms with van der Waals surface area (Å²) in [6, 6.07) is 0. The van der Waals surface area contributed by atoms with Crippen LogP contribution in [0.3, 0.4) is 0 Å². The molecular weight excluding hydrogens is 162 g/mol. The third-order valence-corrected chi connectivity index (χ3v) is 2.93. The lowest BCUT2D eigenvalue weighted by Crippen LogP contribution is -2.26. The Morgan fingerprint density at radius 2 is 2.00 bits per heavy atom. The van der Waals surface area contributed by atoms with Gasteiger partial charge in [-0.3, -0.25) is 4.98 Å². The first-order chi connectivity index (χ1) is 6.45. The van der Waals surface area contributed by atoms with Gasteiger partial charge in [-0.05, 0) is 16.7 Å². The van der Waals surface area contributed by atoms with Crippen molar-refractivity contribution in [2.24, 2.45) is 0 Å². The number of nitrogens with zero attached hydrogens (tertiary/aromatic N) is 1. The lowest BCUT2D eigenvalue weighted by Gasteiger charge is -2.18. The Bertz CT molecular complexity index is 346. The number of pyridine rings is 1. The molecule has 3 heteroatoms. The highest BCUT2D eigenvalue weighted by atomic mass is 14.9. The normalized spacial score (nSPS) is 19.7. The van der Waals surface area contributed by atoms with Crippen LogP contribution in [0.25, 0.3) is 0 Å². The quantitative estimate of drug-likeness (QED) is 0.596. The molecule has 2 aliphatic rings. The van der Waals surface area contributed by atoms with Crippen LogP contribution < -0.4 is 10.6 Å². The molecule has 3 rings (SSSR count). The monoisotopic (exact) mass is 175 g/mol. The van der Waals surface area contributed by atoms with Crippen LogP contribution in [0, 0.1) is 0 Å². The van der Waals surface area contributed by atoms with E-state index in [1.165, 1.54) is 22.4 Å². The molecule has 0 saturated heterocycles. The Kier molecular flexibility index (Phi) is 1.60. The van der Waals surface area contributed by atoms with E-state index in [0.29, 0.717) is 0 Å². The van der Waals surface area contributed by atoms with Gasteiger partial charge in [-0.2, -0.15) is 0 Å². The van der Waals surface area contributed by atoms with Crippen LogP contribution >= 0.6 is 0 Å². The molecule has 0 aromatic carbocycles. The Balaban J connectivity index is 2.17. The number of hydrogen-bond donors (Lipinski definition) is 2. The van der Waals surface area contributed by atoms with Crippen LogP contribution in [-0.2, 0) is 26.1 Å². The summed E-state index contributed by atoms with van der Waals surface area (Å²) in [4.78, 5) is 4.51. The zero-order chi connectivity index (χ0) is 8.67. The highest BCUT2D eigenvalue weighted by Crippen LogP contribution is 2.23. The molecule has 0 spiro atoms. The van der Waals surface area contributed by atoms with Gasteiger partial charge in [0.25, 0.3) is 0 Å². The molecule has 2 N–H and O–H groups in total. The molecular formula is C10H13N3. The molecule has 0 unspecified atom stereocenters. The summed E-state index contributed by atoms with van der Waals surface area (Å²) in [5, 5.41) is 6.77. The maximum absolute atomic E-state index is 4.51. The van der Waals surface area contributed by atoms with Crippen LogP contribution in [-0.4, -0.2) is 11.5 Å². The third kappa shape index (κ3) is 1.08. The van der Waals surface area contributed by atoms with Gasteiger partial charge in [0, 0.05) is 44.5 Å². The number of rotatable bonds is 0. The van der Waals surface area contributed by atoms with Crippen molar-refractivity contribution < 1.29 is 0 Å². The van der Waals surface area contributed by atoms with Crippen LogP contribution in [0.5, 0.6) is 0 Å². The first-order valence-corrected chi connectivity index (χ1v) is 4.85. The van der Waals surface area contributed by atoms with E-state index in [9.17, 15) is 0 Å². The molecule has 0 aliphatic carbocycles. The number of fused-ring (bicyclic) bond motifs is 3. The standard InChI is InChI=1S/C10H13N3/c1-2-11-6-9-8-5-12-3-7(8)4-13-10(1)9/h4,11-12H,1-3,5-6H2. The summed E-state index contributed by atoms with van der Waals surface area (Å²) >= 11 is 0. The molecule has 0 radical (unpaired) electrons. The number of hydrogen-bond acceptors (Lipinski definition) is 3. The number of nitrogens with one attached hydrogen (secondary N) is 2. The molecule has 0 atom stereocenters. The Morgan fingerprint density at radius 1 is 1.08 bits per heavy atom. The predicted molar refractivity (Wildman–Crippen MR) is 50.2 cm³/mol. The van der Waals surface area contributed by atoms with Gasteiger partial charge in [0.05, 0.1) is 0 Å². The Labute approximate surface area is 77.6 Å². The minimum absolute atomic E-state index is 0.996. The van der Waals surface area contributed by atoms with E-state index in [0.717, 1.165) is 32.6 Å². The van der Waals surface area contributed by atoms with Crippen molar-refractivity contribution in [3.8, 4) is 0 Å². The van der Waals surface area contributed by atoms with Gasteiger partial charge in [-0.25, -0.2) is 0 Å². The molecule has 0 fully saturated rings. The fourth-order valence-electron chi connectivity index (χ4n) is 2.22. The summed E-state index contributed by atoms with van der Waals surface area (Å²) in [6.45, 7) is 4.11. The van der Waals surface area contributed by atoms with Crippen molar-refractivity contribution in [1.82, 2.24) is 15.6 Å². The van der Waals surface area contributed by atoms with E-state index in [-0.39, 0.29) is 0 Å². The second kappa shape index (κ2) is 2.79. The molecule has 13 heavy (non-hydrogen) atoms. The summed E-state index contributed by atoms with van der Waals surface area (Å²) < 4.78 is 0. The second-order valence-electron chi connectivity index (χ2n) is 3.72. The highest BCUT2D eigenvalue weighted by Gasteiger charge is 2.19. The van der Waals surface area contributed by atoms with Gasteiger partial charge in [0.2, 0.25) is 0 Å². The molecule has 3 nitrogen and oxygen atoms in total. The summed E-state index contributed by atoms with van der Waals surface area (Å²) in [7, 11) is 0. The third-order valence-electron chi connectivity index (χ3n) is 2.93. The fraction of sp³-hybridized carbons (Fsp3) is 0.500. The van der Waals surface area contributed by atoms with Crippen LogP contribution in [0.1, 0.15) is 22.4 Å². The average molecular weight is 175 g/mol. The van der Waals surface area contributed by atoms with Crippen molar-refractivity contribution >= 4 is 0 Å². The van der Waals surface area contributed by atoms with E-state index >= 15 is 0 Å². The van der Waals surface area contributed by atoms with E-state index in [1.54, 1.807) is 0 Å². The molecule has 0 bridgehead atoms. The van der Waals surface area contributed by atoms with Gasteiger partial charge < -0.3 is 10.6 Å². The molecule has 1 aromatic rings. The average Bonchev–Trinajstić information content (AvgIpc) is 2.65. The van der Waals surface area contributed by atoms with Gasteiger partial charge in [0.15, 0.2) is 0 Å². The fourth-order valence-corrected chi connectivity index (χ4v) is 2.22. The van der Waals surface area contributed by atoms with Crippen molar-refractivity contribution in [2.75, 3.05) is 6.54 Å². The van der Waals surface area contributed by atoms with Crippen LogP contribution in [0.15, 0.2) is 6.20 Å². The highest BCUT2D eigenvalue weighted by molar-refractivity contribution is 5.39. The molecule has 0 saturated carbocycles. The van der Waals surface area contributed by atoms with Crippen molar-refractivity contribution in [3.63, 3.8) is 0 Å². The van der Waals surface area contributed by atoms with E-state index in [2.05, 4.69) is 15.6 Å². The Hall–Kier alpha value is -0.930. The Morgan fingerprint density at radius 3 is 3.00 bits per heavy atom. The summed E-state index contributed by atoms with van der Waals surface area (Å²) in [5.41, 5.74) is 5.65. The van der Waals surface area contributed by atoms with Gasteiger partial charge in [-0.1, -0.05) is 0 Å². The van der Waals surface area contributed by atoms with E-state index < -0.39 is 0 Å². The first kappa shape index (κ1) is 7.47. The summed E-state index contributed by atoms with van der Waals surface area (Å²) in [6.07, 6.45) is 3.13. The van der Waals surface area contributed by atoms with E-state index in [1.807, 2.05) is 6.20 Å². The minimum atomic E-state index is 0.996. The van der Waals surface area contributed by atoms with Gasteiger partial charge in [-0.15, -0.1) is 0 Å². The first-order valence-electron chi connectivity index (χ1n) is 4.85. The maximum atomic E-state index is 4.51. The van der Waals surface area contributed by atoms with Gasteiger partial charge in [0.1, 0.15) is 0 Å². The smallest absolute Gasteiger partial charge is 0.0464 e. The molecule has 68 valence electrons. The topological polar surface area (TPSA) is 37.0 Å². The minimum Gasteiger partial charge on any atom is -0.312 e. The zero-order valence-electron chi connectivity index (χ0n) is 7.56. The number of aromatic nitrogens is 1. The van der Waals surface area contributed by atoms with E-state index in [4.69, 9.17) is 0 Å². The lowest BCUT2D eigenvalue weighted by atomic mass is 9.99. The maximum Gasteiger partial charge on any atom is 0.0464 e. The molecule has 3 heterocycles. The SMILES string of the molecule is c1nc2c(c3c1CNC3)CNCC2. The van der Waals surface area contributed by atoms with Crippen LogP contribution in [0.2, 0.25) is 0 Å². The van der Waals surface area contributed by atoms with Crippen molar-refractivity contribution in [3.05, 3.63) is 28.6 Å². The molecule has 2 aliphatic heterocycles. The largest absolute Gasteiger partial charge is 0.312 e. The van der Waals surface area contributed by atoms with Crippen molar-refractivity contribution in [2.45, 2.75) is 26.1 Å². The summed E-state index contributed by atoms with van der Waals surface area (Å²) in [5.74, 6) is 0. The predicted octanol–water partition coefficient (Wildman–Crippen LogP) is 0.330. The lowest BCUT2D eigenvalue weighted by molar-refractivity contribution is 0.623. The molecule has 0 amide bonds. The van der Waals surface area contributed by atoms with Crippen LogP contribution in [0.4, 0.5) is 0 Å². The molecule has 1 aromatic heterocycles. The zero-order valence-corrected chi connectivity index (χ0v) is 7.56. The second-order valence-corrected chi connectivity index (χ2v) is 3.72. The van der Waals surface area contributed by atoms with Crippen molar-refractivity contribution in [1.29, 1.82) is 0 Å². The van der Waals surface area contributed by atoms with Gasteiger partial charge >= 0.3 is 0 Å².